The molecule has 0 atom stereocenters. The van der Waals surface area contributed by atoms with Crippen molar-refractivity contribution in [2.75, 3.05) is 32.7 Å². The molecule has 0 radical (unpaired) electrons. The lowest BCUT2D eigenvalue weighted by Gasteiger charge is -2.31. The average molecular weight is 344 g/mol. The van der Waals surface area contributed by atoms with Crippen LogP contribution in [0.4, 0.5) is 0 Å². The molecule has 0 bridgehead atoms. The molecule has 2 heterocycles. The zero-order chi connectivity index (χ0) is 13.8. The monoisotopic (exact) mass is 343 g/mol. The Morgan fingerprint density at radius 2 is 2.26 bits per heavy atom. The minimum absolute atomic E-state index is 0.183. The van der Waals surface area contributed by atoms with E-state index in [1.165, 1.54) is 9.78 Å². The average Bonchev–Trinajstić information content (AvgIpc) is 2.80. The van der Waals surface area contributed by atoms with Crippen molar-refractivity contribution in [2.45, 2.75) is 13.3 Å². The topological polar surface area (TPSA) is 24.8 Å². The van der Waals surface area contributed by atoms with Crippen molar-refractivity contribution >= 4 is 33.2 Å². The number of nitrogens with zero attached hydrogens (tertiary/aromatic N) is 1. The molecule has 1 aliphatic heterocycles. The van der Waals surface area contributed by atoms with Gasteiger partial charge in [-0.05, 0) is 34.5 Å². The Morgan fingerprint density at radius 3 is 2.79 bits per heavy atom. The minimum Gasteiger partial charge on any atom is -0.329 e. The first kappa shape index (κ1) is 14.8. The number of carbonyl (C=O) groups is 1. The summed E-state index contributed by atoms with van der Waals surface area (Å²) in [5.41, 5.74) is 0. The molecule has 1 aromatic heterocycles. The molecule has 19 heavy (non-hydrogen) atoms. The molecular formula is C14H20BrN2OS+. The van der Waals surface area contributed by atoms with Gasteiger partial charge >= 0.3 is 0 Å². The number of quaternary nitrogens is 1. The Hall–Kier alpha value is -0.650. The molecule has 1 N–H and O–H groups in total. The number of aryl methyl sites for hydroxylation is 1. The summed E-state index contributed by atoms with van der Waals surface area (Å²) in [5, 5.41) is 0. The maximum absolute atomic E-state index is 12.4. The van der Waals surface area contributed by atoms with Crippen LogP contribution in [0.1, 0.15) is 21.5 Å². The number of hydrogen-bond acceptors (Lipinski definition) is 2. The first-order valence-electron chi connectivity index (χ1n) is 6.67. The SMILES string of the molecule is C=CC[NH+]1CCN(C(=O)c2cc(Br)c(CC)s2)CC1. The first-order valence-corrected chi connectivity index (χ1v) is 8.28. The smallest absolute Gasteiger partial charge is 0.264 e. The van der Waals surface area contributed by atoms with Crippen LogP contribution in [0, 0.1) is 0 Å². The van der Waals surface area contributed by atoms with Gasteiger partial charge in [-0.25, -0.2) is 0 Å². The minimum atomic E-state index is 0.183. The number of hydrogen-bond donors (Lipinski definition) is 1. The summed E-state index contributed by atoms with van der Waals surface area (Å²) in [6.45, 7) is 10.6. The van der Waals surface area contributed by atoms with Gasteiger partial charge in [-0.2, -0.15) is 0 Å². The normalized spacial score (nSPS) is 16.6. The van der Waals surface area contributed by atoms with Gasteiger partial charge in [-0.3, -0.25) is 4.79 Å². The molecular weight excluding hydrogens is 324 g/mol. The van der Waals surface area contributed by atoms with Crippen LogP contribution >= 0.6 is 27.3 Å². The van der Waals surface area contributed by atoms with Crippen LogP contribution in [0.3, 0.4) is 0 Å². The molecule has 5 heteroatoms. The molecule has 0 unspecified atom stereocenters. The van der Waals surface area contributed by atoms with Gasteiger partial charge in [0.15, 0.2) is 0 Å². The number of carbonyl (C=O) groups excluding carboxylic acids is 1. The summed E-state index contributed by atoms with van der Waals surface area (Å²) < 4.78 is 1.07. The van der Waals surface area contributed by atoms with E-state index in [0.29, 0.717) is 0 Å². The van der Waals surface area contributed by atoms with Gasteiger partial charge in [-0.1, -0.05) is 13.5 Å². The Bertz CT molecular complexity index is 464. The molecule has 0 aromatic carbocycles. The van der Waals surface area contributed by atoms with E-state index in [0.717, 1.165) is 48.5 Å². The second-order valence-electron chi connectivity index (χ2n) is 4.77. The van der Waals surface area contributed by atoms with E-state index in [1.54, 1.807) is 11.3 Å². The Kier molecular flexibility index (Phi) is 5.19. The molecule has 1 aromatic rings. The van der Waals surface area contributed by atoms with E-state index in [1.807, 2.05) is 17.0 Å². The molecule has 1 saturated heterocycles. The summed E-state index contributed by atoms with van der Waals surface area (Å²) in [7, 11) is 0. The lowest BCUT2D eigenvalue weighted by molar-refractivity contribution is -0.898. The Balaban J connectivity index is 1.98. The summed E-state index contributed by atoms with van der Waals surface area (Å²) >= 11 is 5.14. The van der Waals surface area contributed by atoms with Crippen molar-refractivity contribution in [3.8, 4) is 0 Å². The van der Waals surface area contributed by atoms with Crippen LogP contribution in [0.25, 0.3) is 0 Å². The maximum atomic E-state index is 12.4. The van der Waals surface area contributed by atoms with Gasteiger partial charge in [0, 0.05) is 9.35 Å². The molecule has 1 amide bonds. The number of piperazine rings is 1. The van der Waals surface area contributed by atoms with Crippen LogP contribution in [-0.4, -0.2) is 43.5 Å². The highest BCUT2D eigenvalue weighted by Gasteiger charge is 2.25. The lowest BCUT2D eigenvalue weighted by atomic mass is 10.3. The van der Waals surface area contributed by atoms with Gasteiger partial charge < -0.3 is 9.80 Å². The van der Waals surface area contributed by atoms with Gasteiger partial charge in [-0.15, -0.1) is 11.3 Å². The fourth-order valence-electron chi connectivity index (χ4n) is 2.34. The summed E-state index contributed by atoms with van der Waals surface area (Å²) in [6.07, 6.45) is 2.92. The van der Waals surface area contributed by atoms with E-state index in [4.69, 9.17) is 0 Å². The Morgan fingerprint density at radius 1 is 1.58 bits per heavy atom. The van der Waals surface area contributed by atoms with Crippen molar-refractivity contribution in [1.82, 2.24) is 4.90 Å². The predicted molar refractivity (Wildman–Crippen MR) is 83.1 cm³/mol. The quantitative estimate of drug-likeness (QED) is 0.825. The zero-order valence-corrected chi connectivity index (χ0v) is 13.6. The molecule has 3 nitrogen and oxygen atoms in total. The maximum Gasteiger partial charge on any atom is 0.264 e. The third kappa shape index (κ3) is 3.46. The van der Waals surface area contributed by atoms with E-state index >= 15 is 0 Å². The number of rotatable bonds is 4. The zero-order valence-electron chi connectivity index (χ0n) is 11.2. The molecule has 1 fully saturated rings. The number of amides is 1. The third-order valence-electron chi connectivity index (χ3n) is 3.48. The van der Waals surface area contributed by atoms with Crippen molar-refractivity contribution in [2.24, 2.45) is 0 Å². The van der Waals surface area contributed by atoms with Crippen molar-refractivity contribution in [1.29, 1.82) is 0 Å². The number of halogens is 1. The standard InChI is InChI=1S/C14H19BrN2OS/c1-3-5-16-6-8-17(9-7-16)14(18)13-10-11(15)12(4-2)19-13/h3,10H,1,4-9H2,2H3/p+1. The highest BCUT2D eigenvalue weighted by molar-refractivity contribution is 9.10. The predicted octanol–water partition coefficient (Wildman–Crippen LogP) is 1.60. The Labute approximate surface area is 127 Å². The molecule has 2 rings (SSSR count). The first-order chi connectivity index (χ1) is 9.15. The highest BCUT2D eigenvalue weighted by atomic mass is 79.9. The van der Waals surface area contributed by atoms with E-state index in [2.05, 4.69) is 29.4 Å². The second kappa shape index (κ2) is 6.68. The van der Waals surface area contributed by atoms with E-state index in [-0.39, 0.29) is 5.91 Å². The fraction of sp³-hybridized carbons (Fsp3) is 0.500. The molecule has 1 aliphatic rings. The molecule has 0 spiro atoms. The van der Waals surface area contributed by atoms with Crippen molar-refractivity contribution < 1.29 is 9.69 Å². The van der Waals surface area contributed by atoms with E-state index < -0.39 is 0 Å². The van der Waals surface area contributed by atoms with Crippen molar-refractivity contribution in [3.05, 3.63) is 32.9 Å². The van der Waals surface area contributed by atoms with E-state index in [9.17, 15) is 4.79 Å². The van der Waals surface area contributed by atoms with Gasteiger partial charge in [0.2, 0.25) is 0 Å². The molecule has 0 saturated carbocycles. The largest absolute Gasteiger partial charge is 0.329 e. The second-order valence-corrected chi connectivity index (χ2v) is 6.76. The van der Waals surface area contributed by atoms with Crippen molar-refractivity contribution in [3.63, 3.8) is 0 Å². The summed E-state index contributed by atoms with van der Waals surface area (Å²) in [4.78, 5) is 18.0. The molecule has 0 aliphatic carbocycles. The van der Waals surface area contributed by atoms with Gasteiger partial charge in [0.25, 0.3) is 5.91 Å². The summed E-state index contributed by atoms with van der Waals surface area (Å²) in [5.74, 6) is 0.183. The fourth-order valence-corrected chi connectivity index (χ4v) is 4.21. The van der Waals surface area contributed by atoms with Crippen LogP contribution in [-0.2, 0) is 6.42 Å². The highest BCUT2D eigenvalue weighted by Crippen LogP contribution is 2.28. The van der Waals surface area contributed by atoms with Crippen LogP contribution in [0.5, 0.6) is 0 Å². The molecule has 104 valence electrons. The number of nitrogens with one attached hydrogen (secondary N) is 1. The third-order valence-corrected chi connectivity index (χ3v) is 5.72. The van der Waals surface area contributed by atoms with Crippen LogP contribution in [0.2, 0.25) is 0 Å². The number of thiophene rings is 1. The van der Waals surface area contributed by atoms with Gasteiger partial charge in [0.1, 0.15) is 0 Å². The van der Waals surface area contributed by atoms with Crippen LogP contribution in [0.15, 0.2) is 23.2 Å². The summed E-state index contributed by atoms with van der Waals surface area (Å²) in [6, 6.07) is 1.97. The van der Waals surface area contributed by atoms with Crippen LogP contribution < -0.4 is 4.90 Å². The lowest BCUT2D eigenvalue weighted by Crippen LogP contribution is -3.14. The van der Waals surface area contributed by atoms with Gasteiger partial charge in [0.05, 0.1) is 37.6 Å².